The molecule has 2 aromatic rings. The molecule has 134 valence electrons. The van der Waals surface area contributed by atoms with Crippen molar-refractivity contribution in [2.75, 3.05) is 19.7 Å². The maximum Gasteiger partial charge on any atom is 0.310 e. The Morgan fingerprint density at radius 3 is 2.84 bits per heavy atom. The van der Waals surface area contributed by atoms with Gasteiger partial charge in [0.05, 0.1) is 19.2 Å². The predicted octanol–water partition coefficient (Wildman–Crippen LogP) is 2.85. The molecule has 1 saturated heterocycles. The minimum absolute atomic E-state index is 0.0554. The highest BCUT2D eigenvalue weighted by molar-refractivity contribution is 7.71. The molecule has 7 heteroatoms. The summed E-state index contributed by atoms with van der Waals surface area (Å²) in [6, 6.07) is 10.0. The van der Waals surface area contributed by atoms with E-state index in [1.165, 1.54) is 0 Å². The lowest BCUT2D eigenvalue weighted by atomic mass is 9.99. The molecule has 1 aromatic heterocycles. The molecule has 0 saturated carbocycles. The maximum atomic E-state index is 12.0. The van der Waals surface area contributed by atoms with Crippen LogP contribution in [0.4, 0.5) is 0 Å². The summed E-state index contributed by atoms with van der Waals surface area (Å²) < 4.78 is 9.62. The minimum atomic E-state index is -0.0956. The van der Waals surface area contributed by atoms with E-state index in [0.717, 1.165) is 30.8 Å². The Morgan fingerprint density at radius 1 is 1.36 bits per heavy atom. The zero-order chi connectivity index (χ0) is 17.8. The van der Waals surface area contributed by atoms with Gasteiger partial charge in [0.2, 0.25) is 0 Å². The van der Waals surface area contributed by atoms with Crippen LogP contribution < -0.4 is 0 Å². The van der Waals surface area contributed by atoms with Crippen molar-refractivity contribution in [3.05, 3.63) is 35.1 Å². The fourth-order valence-electron chi connectivity index (χ4n) is 3.24. The molecular formula is C18H24N4O2S. The molecule has 1 aromatic carbocycles. The third kappa shape index (κ3) is 3.99. The summed E-state index contributed by atoms with van der Waals surface area (Å²) in [7, 11) is 1.94. The van der Waals surface area contributed by atoms with E-state index >= 15 is 0 Å². The first-order chi connectivity index (χ1) is 12.1. The van der Waals surface area contributed by atoms with Gasteiger partial charge in [0.25, 0.3) is 0 Å². The van der Waals surface area contributed by atoms with Crippen molar-refractivity contribution in [1.29, 1.82) is 0 Å². The first-order valence-electron chi connectivity index (χ1n) is 8.68. The van der Waals surface area contributed by atoms with Gasteiger partial charge in [-0.05, 0) is 38.5 Å². The van der Waals surface area contributed by atoms with E-state index in [4.69, 9.17) is 22.1 Å². The number of aromatic nitrogens is 3. The largest absolute Gasteiger partial charge is 0.466 e. The van der Waals surface area contributed by atoms with Crippen molar-refractivity contribution in [3.63, 3.8) is 0 Å². The van der Waals surface area contributed by atoms with E-state index in [1.54, 1.807) is 0 Å². The topological polar surface area (TPSA) is 52.3 Å². The Morgan fingerprint density at radius 2 is 2.12 bits per heavy atom. The van der Waals surface area contributed by atoms with E-state index in [2.05, 4.69) is 4.90 Å². The summed E-state index contributed by atoms with van der Waals surface area (Å²) in [5, 5.41) is 4.70. The third-order valence-electron chi connectivity index (χ3n) is 4.53. The second-order valence-electron chi connectivity index (χ2n) is 6.34. The van der Waals surface area contributed by atoms with Crippen molar-refractivity contribution >= 4 is 18.2 Å². The van der Waals surface area contributed by atoms with Crippen molar-refractivity contribution < 1.29 is 9.53 Å². The van der Waals surface area contributed by atoms with Crippen molar-refractivity contribution in [1.82, 2.24) is 19.2 Å². The monoisotopic (exact) mass is 360 g/mol. The van der Waals surface area contributed by atoms with E-state index in [9.17, 15) is 4.79 Å². The van der Waals surface area contributed by atoms with Gasteiger partial charge in [-0.15, -0.1) is 0 Å². The number of esters is 1. The fraction of sp³-hybridized carbons (Fsp3) is 0.500. The molecule has 1 aliphatic heterocycles. The van der Waals surface area contributed by atoms with Gasteiger partial charge in [-0.3, -0.25) is 9.69 Å². The Labute approximate surface area is 153 Å². The quantitative estimate of drug-likeness (QED) is 0.606. The number of hydrogen-bond acceptors (Lipinski definition) is 5. The lowest BCUT2D eigenvalue weighted by Gasteiger charge is -2.31. The van der Waals surface area contributed by atoms with Gasteiger partial charge in [-0.2, -0.15) is 5.10 Å². The Balaban J connectivity index is 1.75. The summed E-state index contributed by atoms with van der Waals surface area (Å²) in [6.07, 6.45) is 1.87. The van der Waals surface area contributed by atoms with Gasteiger partial charge in [-0.25, -0.2) is 4.68 Å². The molecular weight excluding hydrogens is 336 g/mol. The molecule has 0 unspecified atom stereocenters. The van der Waals surface area contributed by atoms with Crippen LogP contribution in [0.2, 0.25) is 0 Å². The average Bonchev–Trinajstić information content (AvgIpc) is 2.91. The number of carbonyl (C=O) groups is 1. The predicted molar refractivity (Wildman–Crippen MR) is 98.4 cm³/mol. The molecule has 1 atom stereocenters. The maximum absolute atomic E-state index is 12.0. The molecule has 3 rings (SSSR count). The highest BCUT2D eigenvalue weighted by atomic mass is 32.1. The molecule has 2 heterocycles. The molecule has 25 heavy (non-hydrogen) atoms. The smallest absolute Gasteiger partial charge is 0.310 e. The number of rotatable bonds is 5. The number of hydrogen-bond donors (Lipinski definition) is 0. The molecule has 0 bridgehead atoms. The second-order valence-corrected chi connectivity index (χ2v) is 6.71. The summed E-state index contributed by atoms with van der Waals surface area (Å²) in [5.74, 6) is 0.700. The zero-order valence-electron chi connectivity index (χ0n) is 14.7. The van der Waals surface area contributed by atoms with Crippen molar-refractivity contribution in [3.8, 4) is 11.4 Å². The number of nitrogens with zero attached hydrogens (tertiary/aromatic N) is 4. The second kappa shape index (κ2) is 7.93. The minimum Gasteiger partial charge on any atom is -0.466 e. The van der Waals surface area contributed by atoms with Crippen LogP contribution in [0.3, 0.4) is 0 Å². The lowest BCUT2D eigenvalue weighted by molar-refractivity contribution is -0.150. The Bertz CT molecular complexity index is 784. The Kier molecular flexibility index (Phi) is 5.65. The summed E-state index contributed by atoms with van der Waals surface area (Å²) in [6.45, 7) is 4.50. The van der Waals surface area contributed by atoms with E-state index in [0.29, 0.717) is 24.6 Å². The normalized spacial score (nSPS) is 18.2. The van der Waals surface area contributed by atoms with Gasteiger partial charge >= 0.3 is 5.97 Å². The first-order valence-corrected chi connectivity index (χ1v) is 9.09. The van der Waals surface area contributed by atoms with Crippen LogP contribution in [0.1, 0.15) is 19.8 Å². The zero-order valence-corrected chi connectivity index (χ0v) is 15.5. The number of carbonyl (C=O) groups excluding carboxylic acids is 1. The average molecular weight is 360 g/mol. The number of benzene rings is 1. The molecule has 0 N–H and O–H groups in total. The highest BCUT2D eigenvalue weighted by Gasteiger charge is 2.27. The van der Waals surface area contributed by atoms with E-state index in [1.807, 2.05) is 53.6 Å². The molecule has 1 fully saturated rings. The van der Waals surface area contributed by atoms with Gasteiger partial charge in [0.1, 0.15) is 0 Å². The van der Waals surface area contributed by atoms with Gasteiger partial charge in [-0.1, -0.05) is 30.3 Å². The van der Waals surface area contributed by atoms with Gasteiger partial charge in [0.15, 0.2) is 10.6 Å². The van der Waals surface area contributed by atoms with Crippen molar-refractivity contribution in [2.24, 2.45) is 13.0 Å². The van der Waals surface area contributed by atoms with Crippen LogP contribution in [0, 0.1) is 10.7 Å². The lowest BCUT2D eigenvalue weighted by Crippen LogP contribution is -2.40. The first kappa shape index (κ1) is 17.8. The molecule has 1 aliphatic rings. The van der Waals surface area contributed by atoms with Crippen LogP contribution in [-0.2, 0) is 23.2 Å². The van der Waals surface area contributed by atoms with Crippen LogP contribution in [0.15, 0.2) is 30.3 Å². The third-order valence-corrected chi connectivity index (χ3v) is 5.02. The fourth-order valence-corrected chi connectivity index (χ4v) is 3.43. The number of likely N-dealkylation sites (tertiary alicyclic amines) is 1. The van der Waals surface area contributed by atoms with Crippen LogP contribution in [0.5, 0.6) is 0 Å². The standard InChI is InChI=1S/C18H24N4O2S/c1-3-24-17(23)15-10-7-11-21(12-15)13-22-18(25)20(2)16(19-22)14-8-5-4-6-9-14/h4-6,8-9,15H,3,7,10-13H2,1-2H3/t15-/m1/s1. The van der Waals surface area contributed by atoms with Crippen LogP contribution in [0.25, 0.3) is 11.4 Å². The van der Waals surface area contributed by atoms with Gasteiger partial charge < -0.3 is 9.30 Å². The Hall–Kier alpha value is -1.99. The molecule has 0 spiro atoms. The summed E-state index contributed by atoms with van der Waals surface area (Å²) in [5.41, 5.74) is 1.04. The summed E-state index contributed by atoms with van der Waals surface area (Å²) >= 11 is 5.55. The SMILES string of the molecule is CCOC(=O)[C@@H]1CCCN(Cn2nc(-c3ccccc3)n(C)c2=S)C1. The van der Waals surface area contributed by atoms with Crippen LogP contribution >= 0.6 is 12.2 Å². The van der Waals surface area contributed by atoms with Crippen LogP contribution in [-0.4, -0.2) is 44.9 Å². The molecule has 6 nitrogen and oxygen atoms in total. The van der Waals surface area contributed by atoms with Crippen molar-refractivity contribution in [2.45, 2.75) is 26.4 Å². The van der Waals surface area contributed by atoms with Gasteiger partial charge in [0, 0.05) is 19.2 Å². The molecule has 0 aliphatic carbocycles. The molecule has 0 amide bonds. The summed E-state index contributed by atoms with van der Waals surface area (Å²) in [4.78, 5) is 14.2. The number of ether oxygens (including phenoxy) is 1. The highest BCUT2D eigenvalue weighted by Crippen LogP contribution is 2.20. The van der Waals surface area contributed by atoms with E-state index < -0.39 is 0 Å². The number of piperidine rings is 1. The molecule has 0 radical (unpaired) electrons. The van der Waals surface area contributed by atoms with E-state index in [-0.39, 0.29) is 11.9 Å².